The van der Waals surface area contributed by atoms with Crippen molar-refractivity contribution >= 4 is 22.8 Å². The molecule has 0 aliphatic carbocycles. The van der Waals surface area contributed by atoms with Crippen molar-refractivity contribution in [3.63, 3.8) is 0 Å². The molecule has 110 valence electrons. The van der Waals surface area contributed by atoms with Gasteiger partial charge in [-0.25, -0.2) is 0 Å². The molecule has 0 saturated heterocycles. The number of aromatic nitrogens is 1. The van der Waals surface area contributed by atoms with Crippen molar-refractivity contribution in [3.05, 3.63) is 71.9 Å². The molecule has 0 saturated carbocycles. The second kappa shape index (κ2) is 6.31. The molecule has 0 aliphatic rings. The molecule has 1 N–H and O–H groups in total. The number of rotatable bonds is 5. The first-order chi connectivity index (χ1) is 10.8. The van der Waals surface area contributed by atoms with Gasteiger partial charge in [0.1, 0.15) is 5.75 Å². The summed E-state index contributed by atoms with van der Waals surface area (Å²) in [5, 5.41) is 1.13. The van der Waals surface area contributed by atoms with Crippen LogP contribution in [0.2, 0.25) is 0 Å². The molecular weight excluding hydrogens is 274 g/mol. The zero-order valence-corrected chi connectivity index (χ0v) is 12.4. The third-order valence-corrected chi connectivity index (χ3v) is 3.46. The maximum Gasteiger partial charge on any atom is 0.189 e. The van der Waals surface area contributed by atoms with Crippen LogP contribution < -0.4 is 4.74 Å². The van der Waals surface area contributed by atoms with Crippen LogP contribution in [0.5, 0.6) is 5.75 Å². The summed E-state index contributed by atoms with van der Waals surface area (Å²) < 4.78 is 5.50. The van der Waals surface area contributed by atoms with Crippen molar-refractivity contribution in [1.82, 2.24) is 4.98 Å². The topological polar surface area (TPSA) is 42.1 Å². The average molecular weight is 291 g/mol. The van der Waals surface area contributed by atoms with Crippen molar-refractivity contribution in [2.24, 2.45) is 0 Å². The minimum absolute atomic E-state index is 0.0572. The fourth-order valence-corrected chi connectivity index (χ4v) is 2.39. The Bertz CT molecular complexity index is 830. The number of hydrogen-bond donors (Lipinski definition) is 1. The van der Waals surface area contributed by atoms with E-state index in [2.05, 4.69) is 4.98 Å². The molecule has 0 amide bonds. The van der Waals surface area contributed by atoms with Crippen LogP contribution in [0.25, 0.3) is 17.0 Å². The molecule has 0 unspecified atom stereocenters. The first kappa shape index (κ1) is 14.1. The molecule has 0 atom stereocenters. The number of aromatic amines is 1. The van der Waals surface area contributed by atoms with Crippen LogP contribution in [-0.2, 0) is 0 Å². The van der Waals surface area contributed by atoms with E-state index in [0.717, 1.165) is 16.5 Å². The SMILES string of the molecule is CCOc1ccccc1C(=O)C=Cc1ccc2[nH]ccc2c1. The molecule has 3 heteroatoms. The van der Waals surface area contributed by atoms with Crippen LogP contribution in [0.1, 0.15) is 22.8 Å². The molecule has 0 aliphatic heterocycles. The predicted molar refractivity (Wildman–Crippen MR) is 89.3 cm³/mol. The summed E-state index contributed by atoms with van der Waals surface area (Å²) in [7, 11) is 0. The Morgan fingerprint density at radius 3 is 2.91 bits per heavy atom. The van der Waals surface area contributed by atoms with Crippen LogP contribution in [0.15, 0.2) is 60.8 Å². The second-order valence-corrected chi connectivity index (χ2v) is 4.95. The van der Waals surface area contributed by atoms with Gasteiger partial charge in [0.05, 0.1) is 12.2 Å². The van der Waals surface area contributed by atoms with Gasteiger partial charge in [-0.1, -0.05) is 24.3 Å². The highest BCUT2D eigenvalue weighted by Crippen LogP contribution is 2.20. The molecule has 3 rings (SSSR count). The molecule has 3 nitrogen and oxygen atoms in total. The fraction of sp³-hybridized carbons (Fsp3) is 0.105. The lowest BCUT2D eigenvalue weighted by Crippen LogP contribution is -2.01. The van der Waals surface area contributed by atoms with Gasteiger partial charge >= 0.3 is 0 Å². The number of nitrogens with one attached hydrogen (secondary N) is 1. The summed E-state index contributed by atoms with van der Waals surface area (Å²) in [5.74, 6) is 0.568. The molecule has 0 spiro atoms. The highest BCUT2D eigenvalue weighted by Gasteiger charge is 2.08. The van der Waals surface area contributed by atoms with Gasteiger partial charge in [-0.3, -0.25) is 4.79 Å². The molecule has 3 aromatic rings. The van der Waals surface area contributed by atoms with E-state index < -0.39 is 0 Å². The first-order valence-electron chi connectivity index (χ1n) is 7.29. The largest absolute Gasteiger partial charge is 0.493 e. The van der Waals surface area contributed by atoms with Crippen LogP contribution in [0.3, 0.4) is 0 Å². The second-order valence-electron chi connectivity index (χ2n) is 4.95. The van der Waals surface area contributed by atoms with E-state index in [4.69, 9.17) is 4.74 Å². The Morgan fingerprint density at radius 2 is 2.05 bits per heavy atom. The maximum atomic E-state index is 12.4. The Kier molecular flexibility index (Phi) is 4.05. The monoisotopic (exact) mass is 291 g/mol. The van der Waals surface area contributed by atoms with Crippen molar-refractivity contribution < 1.29 is 9.53 Å². The predicted octanol–water partition coefficient (Wildman–Crippen LogP) is 4.46. The number of carbonyl (C=O) groups excluding carboxylic acids is 1. The lowest BCUT2D eigenvalue weighted by atomic mass is 10.1. The summed E-state index contributed by atoms with van der Waals surface area (Å²) in [6.07, 6.45) is 5.32. The third kappa shape index (κ3) is 2.93. The molecular formula is C19H17NO2. The zero-order chi connectivity index (χ0) is 15.4. The average Bonchev–Trinajstić information content (AvgIpc) is 3.01. The Morgan fingerprint density at radius 1 is 1.18 bits per heavy atom. The Labute approximate surface area is 129 Å². The molecule has 2 aromatic carbocycles. The van der Waals surface area contributed by atoms with Crippen LogP contribution >= 0.6 is 0 Å². The van der Waals surface area contributed by atoms with E-state index in [1.54, 1.807) is 12.1 Å². The number of carbonyl (C=O) groups is 1. The summed E-state index contributed by atoms with van der Waals surface area (Å²) in [4.78, 5) is 15.5. The summed E-state index contributed by atoms with van der Waals surface area (Å²) in [6.45, 7) is 2.45. The minimum Gasteiger partial charge on any atom is -0.493 e. The number of benzene rings is 2. The first-order valence-corrected chi connectivity index (χ1v) is 7.29. The zero-order valence-electron chi connectivity index (χ0n) is 12.4. The molecule has 22 heavy (non-hydrogen) atoms. The smallest absolute Gasteiger partial charge is 0.189 e. The number of allylic oxidation sites excluding steroid dienone is 1. The van der Waals surface area contributed by atoms with Gasteiger partial charge in [0, 0.05) is 11.7 Å². The van der Waals surface area contributed by atoms with Crippen LogP contribution in [-0.4, -0.2) is 17.4 Å². The van der Waals surface area contributed by atoms with E-state index in [1.807, 2.05) is 61.7 Å². The Hall–Kier alpha value is -2.81. The quantitative estimate of drug-likeness (QED) is 0.557. The van der Waals surface area contributed by atoms with Gasteiger partial charge in [0.25, 0.3) is 0 Å². The van der Waals surface area contributed by atoms with Gasteiger partial charge < -0.3 is 9.72 Å². The van der Waals surface area contributed by atoms with Gasteiger partial charge in [0.2, 0.25) is 0 Å². The van der Waals surface area contributed by atoms with Gasteiger partial charge in [-0.15, -0.1) is 0 Å². The van der Waals surface area contributed by atoms with Gasteiger partial charge in [0.15, 0.2) is 5.78 Å². The van der Waals surface area contributed by atoms with E-state index in [1.165, 1.54) is 0 Å². The van der Waals surface area contributed by atoms with Gasteiger partial charge in [-0.2, -0.15) is 0 Å². The maximum absolute atomic E-state index is 12.4. The summed E-state index contributed by atoms with van der Waals surface area (Å²) in [5.41, 5.74) is 2.67. The van der Waals surface area contributed by atoms with E-state index in [9.17, 15) is 4.79 Å². The number of fused-ring (bicyclic) bond motifs is 1. The minimum atomic E-state index is -0.0572. The summed E-state index contributed by atoms with van der Waals surface area (Å²) >= 11 is 0. The molecule has 0 bridgehead atoms. The molecule has 0 radical (unpaired) electrons. The highest BCUT2D eigenvalue weighted by molar-refractivity contribution is 6.08. The number of H-pyrrole nitrogens is 1. The van der Waals surface area contributed by atoms with Gasteiger partial charge in [-0.05, 0) is 54.3 Å². The molecule has 1 heterocycles. The van der Waals surface area contributed by atoms with Crippen molar-refractivity contribution in [1.29, 1.82) is 0 Å². The normalized spacial score (nSPS) is 11.1. The lowest BCUT2D eigenvalue weighted by Gasteiger charge is -2.06. The van der Waals surface area contributed by atoms with E-state index >= 15 is 0 Å². The molecule has 0 fully saturated rings. The fourth-order valence-electron chi connectivity index (χ4n) is 2.39. The standard InChI is InChI=1S/C19H17NO2/c1-2-22-19-6-4-3-5-16(19)18(21)10-8-14-7-9-17-15(13-14)11-12-20-17/h3-13,20H,2H2,1H3. The number of para-hydroxylation sites is 1. The number of ether oxygens (including phenoxy) is 1. The number of ketones is 1. The highest BCUT2D eigenvalue weighted by atomic mass is 16.5. The Balaban J connectivity index is 1.84. The number of hydrogen-bond acceptors (Lipinski definition) is 2. The molecule has 1 aromatic heterocycles. The van der Waals surface area contributed by atoms with E-state index in [-0.39, 0.29) is 5.78 Å². The summed E-state index contributed by atoms with van der Waals surface area (Å²) in [6, 6.07) is 15.4. The van der Waals surface area contributed by atoms with Crippen molar-refractivity contribution in [2.45, 2.75) is 6.92 Å². The van der Waals surface area contributed by atoms with E-state index in [0.29, 0.717) is 17.9 Å². The van der Waals surface area contributed by atoms with Crippen molar-refractivity contribution in [2.75, 3.05) is 6.61 Å². The van der Waals surface area contributed by atoms with Crippen LogP contribution in [0, 0.1) is 0 Å². The van der Waals surface area contributed by atoms with Crippen LogP contribution in [0.4, 0.5) is 0 Å². The third-order valence-electron chi connectivity index (χ3n) is 3.46. The van der Waals surface area contributed by atoms with Crippen molar-refractivity contribution in [3.8, 4) is 5.75 Å². The lowest BCUT2D eigenvalue weighted by molar-refractivity contribution is 0.104.